The van der Waals surface area contributed by atoms with Crippen LogP contribution in [0.2, 0.25) is 0 Å². The van der Waals surface area contributed by atoms with Crippen LogP contribution in [0.3, 0.4) is 0 Å². The fourth-order valence-electron chi connectivity index (χ4n) is 2.24. The predicted molar refractivity (Wildman–Crippen MR) is 93.2 cm³/mol. The largest absolute Gasteiger partial charge is 0.465 e. The van der Waals surface area contributed by atoms with E-state index < -0.39 is 10.9 Å². The van der Waals surface area contributed by atoms with E-state index in [2.05, 4.69) is 4.99 Å². The van der Waals surface area contributed by atoms with Gasteiger partial charge in [-0.05, 0) is 19.4 Å². The molecule has 9 heteroatoms. The maximum Gasteiger partial charge on any atom is 0.326 e. The maximum atomic E-state index is 12.0. The second-order valence-corrected chi connectivity index (χ2v) is 6.30. The van der Waals surface area contributed by atoms with Crippen molar-refractivity contribution < 1.29 is 19.2 Å². The summed E-state index contributed by atoms with van der Waals surface area (Å²) in [4.78, 5) is 38.8. The van der Waals surface area contributed by atoms with Gasteiger partial charge in [-0.25, -0.2) is 0 Å². The summed E-state index contributed by atoms with van der Waals surface area (Å²) in [5, 5.41) is 11.0. The zero-order chi connectivity index (χ0) is 18.4. The Morgan fingerprint density at radius 1 is 1.36 bits per heavy atom. The first kappa shape index (κ1) is 18.8. The lowest BCUT2D eigenvalue weighted by Crippen LogP contribution is -2.23. The van der Waals surface area contributed by atoms with Gasteiger partial charge in [0.1, 0.15) is 6.54 Å². The molecule has 0 unspecified atom stereocenters. The molecule has 2 rings (SSSR count). The predicted octanol–water partition coefficient (Wildman–Crippen LogP) is 2.79. The number of thiazole rings is 1. The highest BCUT2D eigenvalue weighted by molar-refractivity contribution is 7.16. The topological polar surface area (TPSA) is 104 Å². The van der Waals surface area contributed by atoms with E-state index in [0.717, 1.165) is 12.8 Å². The first-order valence-corrected chi connectivity index (χ1v) is 8.78. The Bertz CT molecular complexity index is 868. The van der Waals surface area contributed by atoms with Gasteiger partial charge in [0.05, 0.1) is 21.7 Å². The van der Waals surface area contributed by atoms with E-state index in [1.807, 2.05) is 6.92 Å². The molecule has 1 heterocycles. The van der Waals surface area contributed by atoms with Crippen LogP contribution in [0.1, 0.15) is 33.1 Å². The molecule has 0 aliphatic heterocycles. The number of nitro benzene ring substituents is 1. The molecule has 0 saturated heterocycles. The molecule has 25 heavy (non-hydrogen) atoms. The summed E-state index contributed by atoms with van der Waals surface area (Å²) in [6, 6.07) is 4.35. The van der Waals surface area contributed by atoms with E-state index >= 15 is 0 Å². The molecule has 0 radical (unpaired) electrons. The summed E-state index contributed by atoms with van der Waals surface area (Å²) in [6.07, 6.45) is 1.93. The Labute approximate surface area is 147 Å². The Kier molecular flexibility index (Phi) is 6.40. The van der Waals surface area contributed by atoms with Crippen molar-refractivity contribution in [1.29, 1.82) is 0 Å². The van der Waals surface area contributed by atoms with Gasteiger partial charge >= 0.3 is 5.97 Å². The highest BCUT2D eigenvalue weighted by atomic mass is 32.1. The van der Waals surface area contributed by atoms with Gasteiger partial charge in [0, 0.05) is 18.6 Å². The van der Waals surface area contributed by atoms with Crippen molar-refractivity contribution in [2.45, 2.75) is 39.7 Å². The minimum atomic E-state index is -0.505. The van der Waals surface area contributed by atoms with Gasteiger partial charge in [0.25, 0.3) is 5.69 Å². The number of rotatable bonds is 7. The molecular formula is C16H19N3O5S. The fraction of sp³-hybridized carbons (Fsp3) is 0.438. The van der Waals surface area contributed by atoms with Gasteiger partial charge in [-0.1, -0.05) is 24.7 Å². The zero-order valence-electron chi connectivity index (χ0n) is 14.1. The van der Waals surface area contributed by atoms with E-state index in [1.54, 1.807) is 13.0 Å². The number of hydrogen-bond acceptors (Lipinski definition) is 6. The molecule has 2 aromatic rings. The Morgan fingerprint density at radius 2 is 2.12 bits per heavy atom. The lowest BCUT2D eigenvalue weighted by atomic mass is 10.2. The molecule has 1 amide bonds. The van der Waals surface area contributed by atoms with Crippen molar-refractivity contribution >= 4 is 39.1 Å². The summed E-state index contributed by atoms with van der Waals surface area (Å²) in [5.74, 6) is -0.767. The number of amides is 1. The van der Waals surface area contributed by atoms with E-state index in [1.165, 1.54) is 28.0 Å². The number of ether oxygens (including phenoxy) is 1. The molecule has 1 aromatic heterocycles. The van der Waals surface area contributed by atoms with Gasteiger partial charge < -0.3 is 9.30 Å². The third-order valence-corrected chi connectivity index (χ3v) is 4.49. The van der Waals surface area contributed by atoms with E-state index in [0.29, 0.717) is 21.4 Å². The van der Waals surface area contributed by atoms with Gasteiger partial charge in [-0.2, -0.15) is 4.99 Å². The minimum Gasteiger partial charge on any atom is -0.465 e. The summed E-state index contributed by atoms with van der Waals surface area (Å²) in [6.45, 7) is 3.74. The average molecular weight is 365 g/mol. The number of benzene rings is 1. The van der Waals surface area contributed by atoms with Crippen molar-refractivity contribution in [1.82, 2.24) is 4.57 Å². The molecular weight excluding hydrogens is 346 g/mol. The van der Waals surface area contributed by atoms with Gasteiger partial charge in [0.2, 0.25) is 5.91 Å². The molecule has 0 spiro atoms. The lowest BCUT2D eigenvalue weighted by Gasteiger charge is -2.05. The molecule has 0 aliphatic carbocycles. The van der Waals surface area contributed by atoms with Crippen LogP contribution in [0.5, 0.6) is 0 Å². The summed E-state index contributed by atoms with van der Waals surface area (Å²) < 4.78 is 7.15. The van der Waals surface area contributed by atoms with Gasteiger partial charge in [-0.15, -0.1) is 0 Å². The highest BCUT2D eigenvalue weighted by Gasteiger charge is 2.15. The monoisotopic (exact) mass is 365 g/mol. The summed E-state index contributed by atoms with van der Waals surface area (Å²) in [7, 11) is 0. The number of esters is 1. The SMILES string of the molecule is CCCCC(=O)N=c1sc2ccc([N+](=O)[O-])cc2n1CC(=O)OCC. The van der Waals surface area contributed by atoms with Crippen LogP contribution in [0, 0.1) is 10.1 Å². The van der Waals surface area contributed by atoms with E-state index in [4.69, 9.17) is 4.74 Å². The van der Waals surface area contributed by atoms with Crippen LogP contribution >= 0.6 is 11.3 Å². The standard InChI is InChI=1S/C16H19N3O5S/c1-3-5-6-14(20)17-16-18(10-15(21)24-4-2)12-9-11(19(22)23)7-8-13(12)25-16/h7-9H,3-6,10H2,1-2H3. The quantitative estimate of drug-likeness (QED) is 0.426. The van der Waals surface area contributed by atoms with Crippen LogP contribution in [-0.4, -0.2) is 28.0 Å². The zero-order valence-corrected chi connectivity index (χ0v) is 14.9. The molecule has 0 N–H and O–H groups in total. The number of hydrogen-bond donors (Lipinski definition) is 0. The van der Waals surface area contributed by atoms with E-state index in [9.17, 15) is 19.7 Å². The smallest absolute Gasteiger partial charge is 0.326 e. The number of carbonyl (C=O) groups excluding carboxylic acids is 2. The van der Waals surface area contributed by atoms with Gasteiger partial charge in [-0.3, -0.25) is 19.7 Å². The number of nitro groups is 1. The van der Waals surface area contributed by atoms with E-state index in [-0.39, 0.29) is 24.7 Å². The van der Waals surface area contributed by atoms with Crippen LogP contribution < -0.4 is 4.80 Å². The molecule has 0 atom stereocenters. The van der Waals surface area contributed by atoms with Crippen LogP contribution in [-0.2, 0) is 20.9 Å². The number of unbranched alkanes of at least 4 members (excludes halogenated alkanes) is 1. The Balaban J connectivity index is 2.55. The number of aromatic nitrogens is 1. The first-order chi connectivity index (χ1) is 12.0. The first-order valence-electron chi connectivity index (χ1n) is 7.97. The molecule has 0 aliphatic rings. The number of non-ortho nitro benzene ring substituents is 1. The minimum absolute atomic E-state index is 0.0910. The highest BCUT2D eigenvalue weighted by Crippen LogP contribution is 2.23. The average Bonchev–Trinajstić information content (AvgIpc) is 2.89. The van der Waals surface area contributed by atoms with Crippen molar-refractivity contribution in [2.24, 2.45) is 4.99 Å². The molecule has 134 valence electrons. The summed E-state index contributed by atoms with van der Waals surface area (Å²) >= 11 is 1.21. The van der Waals surface area contributed by atoms with Crippen LogP contribution in [0.25, 0.3) is 10.2 Å². The second-order valence-electron chi connectivity index (χ2n) is 5.29. The third kappa shape index (κ3) is 4.72. The van der Waals surface area contributed by atoms with Crippen molar-refractivity contribution in [3.8, 4) is 0 Å². The third-order valence-electron chi connectivity index (χ3n) is 3.43. The Hall–Kier alpha value is -2.55. The van der Waals surface area contributed by atoms with Crippen LogP contribution in [0.15, 0.2) is 23.2 Å². The Morgan fingerprint density at radius 3 is 2.76 bits per heavy atom. The normalized spacial score (nSPS) is 11.7. The van der Waals surface area contributed by atoms with Gasteiger partial charge in [0.15, 0.2) is 4.80 Å². The molecule has 0 saturated carbocycles. The number of nitrogens with zero attached hydrogens (tertiary/aromatic N) is 3. The molecule has 1 aromatic carbocycles. The summed E-state index contributed by atoms with van der Waals surface area (Å²) in [5.41, 5.74) is 0.390. The maximum absolute atomic E-state index is 12.0. The molecule has 0 bridgehead atoms. The van der Waals surface area contributed by atoms with Crippen molar-refractivity contribution in [3.05, 3.63) is 33.1 Å². The van der Waals surface area contributed by atoms with Crippen LogP contribution in [0.4, 0.5) is 5.69 Å². The molecule has 0 fully saturated rings. The number of carbonyl (C=O) groups is 2. The van der Waals surface area contributed by atoms with Crippen molar-refractivity contribution in [3.63, 3.8) is 0 Å². The lowest BCUT2D eigenvalue weighted by molar-refractivity contribution is -0.384. The second kappa shape index (κ2) is 8.52. The number of fused-ring (bicyclic) bond motifs is 1. The fourth-order valence-corrected chi connectivity index (χ4v) is 3.26. The molecule has 8 nitrogen and oxygen atoms in total. The van der Waals surface area contributed by atoms with Crippen molar-refractivity contribution in [2.75, 3.05) is 6.61 Å².